The molecule has 1 aromatic carbocycles. The summed E-state index contributed by atoms with van der Waals surface area (Å²) in [5, 5.41) is 3.00. The van der Waals surface area contributed by atoms with Gasteiger partial charge >= 0.3 is 0 Å². The van der Waals surface area contributed by atoms with E-state index in [0.29, 0.717) is 32.1 Å². The van der Waals surface area contributed by atoms with Crippen LogP contribution in [-0.2, 0) is 16.1 Å². The molecule has 1 rings (SSSR count). The number of halogens is 1. The topological polar surface area (TPSA) is 64.3 Å². The number of carbonyl (C=O) groups excluding carboxylic acids is 1. The molecule has 3 N–H and O–H groups in total. The molecule has 0 saturated carbocycles. The van der Waals surface area contributed by atoms with Gasteiger partial charge in [0.15, 0.2) is 0 Å². The predicted molar refractivity (Wildman–Crippen MR) is 88.4 cm³/mol. The number of nitrogens with two attached hydrogens (primary N) is 1. The lowest BCUT2D eigenvalue weighted by Gasteiger charge is -2.33. The maximum atomic E-state index is 11.9. The van der Waals surface area contributed by atoms with E-state index in [0.717, 1.165) is 5.56 Å². The van der Waals surface area contributed by atoms with Gasteiger partial charge in [-0.25, -0.2) is 0 Å². The molecule has 0 saturated heterocycles. The summed E-state index contributed by atoms with van der Waals surface area (Å²) < 4.78 is 5.51. The van der Waals surface area contributed by atoms with E-state index >= 15 is 0 Å². The Morgan fingerprint density at radius 3 is 2.48 bits per heavy atom. The molecule has 4 nitrogen and oxygen atoms in total. The molecule has 120 valence electrons. The number of rotatable bonds is 8. The van der Waals surface area contributed by atoms with Gasteiger partial charge < -0.3 is 15.8 Å². The van der Waals surface area contributed by atoms with Gasteiger partial charge in [0, 0.05) is 13.0 Å². The van der Waals surface area contributed by atoms with Crippen molar-refractivity contribution in [2.75, 3.05) is 13.2 Å². The fourth-order valence-corrected chi connectivity index (χ4v) is 1.74. The number of ether oxygens (including phenoxy) is 1. The molecule has 1 unspecified atom stereocenters. The second-order valence-corrected chi connectivity index (χ2v) is 5.61. The van der Waals surface area contributed by atoms with Crippen LogP contribution >= 0.6 is 12.4 Å². The largest absolute Gasteiger partial charge is 0.376 e. The zero-order valence-electron chi connectivity index (χ0n) is 13.1. The molecule has 1 atom stereocenters. The van der Waals surface area contributed by atoms with Gasteiger partial charge in [-0.05, 0) is 18.4 Å². The first kappa shape index (κ1) is 19.9. The Hall–Kier alpha value is -1.10. The van der Waals surface area contributed by atoms with Crippen molar-refractivity contribution in [1.82, 2.24) is 5.32 Å². The predicted octanol–water partition coefficient (Wildman–Crippen LogP) is 2.50. The fourth-order valence-electron chi connectivity index (χ4n) is 1.74. The highest BCUT2D eigenvalue weighted by atomic mass is 35.5. The van der Waals surface area contributed by atoms with Crippen LogP contribution in [0.3, 0.4) is 0 Å². The van der Waals surface area contributed by atoms with Crippen LogP contribution in [0.2, 0.25) is 0 Å². The van der Waals surface area contributed by atoms with Crippen LogP contribution in [-0.4, -0.2) is 24.6 Å². The van der Waals surface area contributed by atoms with Crippen LogP contribution in [0.4, 0.5) is 0 Å². The molecule has 0 heterocycles. The van der Waals surface area contributed by atoms with Crippen molar-refractivity contribution < 1.29 is 9.53 Å². The molecule has 5 heteroatoms. The van der Waals surface area contributed by atoms with Gasteiger partial charge in [0.1, 0.15) is 0 Å². The Morgan fingerprint density at radius 1 is 1.33 bits per heavy atom. The van der Waals surface area contributed by atoms with Crippen LogP contribution in [0.25, 0.3) is 0 Å². The highest BCUT2D eigenvalue weighted by Gasteiger charge is 2.28. The Labute approximate surface area is 133 Å². The van der Waals surface area contributed by atoms with E-state index in [2.05, 4.69) is 19.2 Å². The molecule has 0 aliphatic rings. The zero-order valence-corrected chi connectivity index (χ0v) is 13.9. The van der Waals surface area contributed by atoms with Crippen LogP contribution in [0.15, 0.2) is 30.3 Å². The summed E-state index contributed by atoms with van der Waals surface area (Å²) in [4.78, 5) is 11.9. The summed E-state index contributed by atoms with van der Waals surface area (Å²) in [6, 6.07) is 9.92. The Morgan fingerprint density at radius 2 is 1.95 bits per heavy atom. The Balaban J connectivity index is 0.00000400. The van der Waals surface area contributed by atoms with E-state index in [-0.39, 0.29) is 23.9 Å². The summed E-state index contributed by atoms with van der Waals surface area (Å²) in [5.41, 5.74) is 6.50. The first-order valence-electron chi connectivity index (χ1n) is 7.10. The third kappa shape index (κ3) is 6.93. The number of amides is 1. The molecule has 1 aromatic rings. The van der Waals surface area contributed by atoms with E-state index < -0.39 is 0 Å². The first-order chi connectivity index (χ1) is 9.48. The van der Waals surface area contributed by atoms with Crippen LogP contribution < -0.4 is 11.1 Å². The van der Waals surface area contributed by atoms with Gasteiger partial charge in [0.05, 0.1) is 18.8 Å². The van der Waals surface area contributed by atoms with E-state index in [1.165, 1.54) is 0 Å². The maximum Gasteiger partial charge on any atom is 0.222 e. The van der Waals surface area contributed by atoms with E-state index in [4.69, 9.17) is 10.5 Å². The van der Waals surface area contributed by atoms with Crippen LogP contribution in [0, 0.1) is 5.92 Å². The quantitative estimate of drug-likeness (QED) is 0.725. The van der Waals surface area contributed by atoms with Crippen molar-refractivity contribution in [3.8, 4) is 0 Å². The lowest BCUT2D eigenvalue weighted by molar-refractivity contribution is -0.124. The molecule has 1 amide bonds. The molecule has 21 heavy (non-hydrogen) atoms. The van der Waals surface area contributed by atoms with Gasteiger partial charge in [0.25, 0.3) is 0 Å². The summed E-state index contributed by atoms with van der Waals surface area (Å²) in [6.07, 6.45) is 0.356. The number of carbonyl (C=O) groups is 1. The fraction of sp³-hybridized carbons (Fsp3) is 0.562. The lowest BCUT2D eigenvalue weighted by Crippen LogP contribution is -2.55. The molecule has 0 fully saturated rings. The van der Waals surface area contributed by atoms with E-state index in [1.807, 2.05) is 37.3 Å². The summed E-state index contributed by atoms with van der Waals surface area (Å²) in [6.45, 7) is 7.46. The van der Waals surface area contributed by atoms with Gasteiger partial charge in [-0.3, -0.25) is 4.79 Å². The van der Waals surface area contributed by atoms with Crippen molar-refractivity contribution in [2.24, 2.45) is 11.7 Å². The van der Waals surface area contributed by atoms with Gasteiger partial charge in [-0.2, -0.15) is 0 Å². The minimum Gasteiger partial charge on any atom is -0.376 e. The highest BCUT2D eigenvalue weighted by Crippen LogP contribution is 2.14. The van der Waals surface area contributed by atoms with Crippen molar-refractivity contribution in [1.29, 1.82) is 0 Å². The molecule has 0 aliphatic heterocycles. The summed E-state index contributed by atoms with van der Waals surface area (Å²) in [7, 11) is 0. The summed E-state index contributed by atoms with van der Waals surface area (Å²) in [5.74, 6) is 0.279. The van der Waals surface area contributed by atoms with Crippen LogP contribution in [0.1, 0.15) is 32.8 Å². The number of nitrogens with one attached hydrogen (secondary N) is 1. The molecular formula is C16H27ClN2O2. The van der Waals surface area contributed by atoms with E-state index in [1.54, 1.807) is 0 Å². The maximum absolute atomic E-state index is 11.9. The molecular weight excluding hydrogens is 288 g/mol. The van der Waals surface area contributed by atoms with Crippen molar-refractivity contribution in [2.45, 2.75) is 39.3 Å². The average molecular weight is 315 g/mol. The third-order valence-corrected chi connectivity index (χ3v) is 3.71. The molecule has 0 spiro atoms. The van der Waals surface area contributed by atoms with Crippen molar-refractivity contribution in [3.63, 3.8) is 0 Å². The lowest BCUT2D eigenvalue weighted by atomic mass is 9.88. The normalized spacial score (nSPS) is 13.4. The SMILES string of the molecule is CC(C)C(C)(CN)NC(=O)CCOCc1ccccc1.Cl. The number of hydrogen-bond acceptors (Lipinski definition) is 3. The smallest absolute Gasteiger partial charge is 0.222 e. The zero-order chi connectivity index (χ0) is 15.0. The van der Waals surface area contributed by atoms with Crippen molar-refractivity contribution in [3.05, 3.63) is 35.9 Å². The number of hydrogen-bond donors (Lipinski definition) is 2. The molecule has 0 radical (unpaired) electrons. The van der Waals surface area contributed by atoms with Gasteiger partial charge in [-0.1, -0.05) is 44.2 Å². The average Bonchev–Trinajstić information content (AvgIpc) is 2.44. The standard InChI is InChI=1S/C16H26N2O2.ClH/c1-13(2)16(3,12-17)18-15(19)9-10-20-11-14-7-5-4-6-8-14;/h4-8,13H,9-12,17H2,1-3H3,(H,18,19);1H. The number of benzene rings is 1. The molecule has 0 aromatic heterocycles. The van der Waals surface area contributed by atoms with E-state index in [9.17, 15) is 4.79 Å². The minimum atomic E-state index is -0.351. The summed E-state index contributed by atoms with van der Waals surface area (Å²) >= 11 is 0. The van der Waals surface area contributed by atoms with Crippen molar-refractivity contribution >= 4 is 18.3 Å². The highest BCUT2D eigenvalue weighted by molar-refractivity contribution is 5.85. The molecule has 0 aliphatic carbocycles. The molecule has 0 bridgehead atoms. The van der Waals surface area contributed by atoms with Gasteiger partial charge in [-0.15, -0.1) is 12.4 Å². The third-order valence-electron chi connectivity index (χ3n) is 3.71. The van der Waals surface area contributed by atoms with Gasteiger partial charge in [0.2, 0.25) is 5.91 Å². The monoisotopic (exact) mass is 314 g/mol. The second kappa shape index (κ2) is 9.77. The first-order valence-corrected chi connectivity index (χ1v) is 7.10. The Kier molecular flexibility index (Phi) is 9.26. The minimum absolute atomic E-state index is 0. The van der Waals surface area contributed by atoms with Crippen LogP contribution in [0.5, 0.6) is 0 Å². The Bertz CT molecular complexity index is 412. The second-order valence-electron chi connectivity index (χ2n) is 5.61.